The summed E-state index contributed by atoms with van der Waals surface area (Å²) in [5.41, 5.74) is 1.92. The summed E-state index contributed by atoms with van der Waals surface area (Å²) in [6.07, 6.45) is 3.11. The van der Waals surface area contributed by atoms with E-state index in [1.165, 1.54) is 0 Å². The molecule has 28 heavy (non-hydrogen) atoms. The maximum atomic E-state index is 13.4. The maximum absolute atomic E-state index is 13.4. The summed E-state index contributed by atoms with van der Waals surface area (Å²) >= 11 is 0. The van der Waals surface area contributed by atoms with E-state index < -0.39 is 0 Å². The lowest BCUT2D eigenvalue weighted by Crippen LogP contribution is -2.42. The van der Waals surface area contributed by atoms with E-state index in [2.05, 4.69) is 4.98 Å². The first-order chi connectivity index (χ1) is 13.7. The van der Waals surface area contributed by atoms with Crippen molar-refractivity contribution in [3.63, 3.8) is 0 Å². The molecule has 0 aliphatic carbocycles. The Labute approximate surface area is 163 Å². The van der Waals surface area contributed by atoms with Crippen LogP contribution in [0.3, 0.4) is 0 Å². The fraction of sp³-hybridized carbons (Fsp3) is 0.318. The zero-order valence-electron chi connectivity index (χ0n) is 15.8. The van der Waals surface area contributed by atoms with Gasteiger partial charge in [-0.25, -0.2) is 4.98 Å². The number of aromatic nitrogens is 1. The van der Waals surface area contributed by atoms with Gasteiger partial charge >= 0.3 is 5.97 Å². The van der Waals surface area contributed by atoms with Crippen molar-refractivity contribution in [3.8, 4) is 11.5 Å². The third kappa shape index (κ3) is 3.50. The van der Waals surface area contributed by atoms with E-state index in [9.17, 15) is 9.59 Å². The van der Waals surface area contributed by atoms with E-state index in [0.717, 1.165) is 23.7 Å². The molecule has 6 nitrogen and oxygen atoms in total. The highest BCUT2D eigenvalue weighted by Gasteiger charge is 2.30. The maximum Gasteiger partial charge on any atom is 0.310 e. The molecule has 144 valence electrons. The number of furan rings is 1. The number of esters is 1. The van der Waals surface area contributed by atoms with Crippen molar-refractivity contribution < 1.29 is 18.7 Å². The molecule has 1 aromatic carbocycles. The van der Waals surface area contributed by atoms with Crippen molar-refractivity contribution in [2.24, 2.45) is 5.92 Å². The SMILES string of the molecule is CCOC(=O)[C@@H]1CCCN(C(=O)c2cc(-c3ccco3)nc3ccccc23)C1. The standard InChI is InChI=1S/C22H22N2O4/c1-2-27-22(26)15-7-5-11-24(14-15)21(25)17-13-19(20-10-6-12-28-20)23-18-9-4-3-8-16(17)18/h3-4,6,8-10,12-13,15H,2,5,7,11,14H2,1H3/t15-/m1/s1. The molecule has 2 aromatic heterocycles. The fourth-order valence-corrected chi connectivity index (χ4v) is 3.69. The summed E-state index contributed by atoms with van der Waals surface area (Å²) in [6, 6.07) is 13.0. The second kappa shape index (κ2) is 7.84. The Balaban J connectivity index is 1.69. The number of nitrogens with zero attached hydrogens (tertiary/aromatic N) is 2. The van der Waals surface area contributed by atoms with Crippen LogP contribution in [0.5, 0.6) is 0 Å². The Bertz CT molecular complexity index is 997. The zero-order valence-corrected chi connectivity index (χ0v) is 15.8. The second-order valence-electron chi connectivity index (χ2n) is 6.89. The van der Waals surface area contributed by atoms with Crippen LogP contribution in [-0.4, -0.2) is 41.5 Å². The lowest BCUT2D eigenvalue weighted by atomic mass is 9.96. The molecular weight excluding hydrogens is 356 g/mol. The van der Waals surface area contributed by atoms with E-state index in [0.29, 0.717) is 36.7 Å². The number of rotatable bonds is 4. The molecule has 1 aliphatic rings. The molecule has 3 heterocycles. The van der Waals surface area contributed by atoms with Gasteiger partial charge in [-0.05, 0) is 44.0 Å². The monoisotopic (exact) mass is 378 g/mol. The van der Waals surface area contributed by atoms with Gasteiger partial charge in [-0.15, -0.1) is 0 Å². The normalized spacial score (nSPS) is 16.9. The van der Waals surface area contributed by atoms with Crippen LogP contribution >= 0.6 is 0 Å². The Kier molecular flexibility index (Phi) is 5.10. The molecule has 0 bridgehead atoms. The summed E-state index contributed by atoms with van der Waals surface area (Å²) in [5, 5.41) is 0.793. The van der Waals surface area contributed by atoms with Crippen LogP contribution in [0.25, 0.3) is 22.4 Å². The Morgan fingerprint density at radius 1 is 1.25 bits per heavy atom. The number of hydrogen-bond donors (Lipinski definition) is 0. The summed E-state index contributed by atoms with van der Waals surface area (Å²) in [6.45, 7) is 3.15. The van der Waals surface area contributed by atoms with Crippen LogP contribution in [0.2, 0.25) is 0 Å². The third-order valence-corrected chi connectivity index (χ3v) is 5.05. The minimum atomic E-state index is -0.268. The summed E-state index contributed by atoms with van der Waals surface area (Å²) in [5.74, 6) is 0.0226. The molecule has 0 spiro atoms. The van der Waals surface area contributed by atoms with Crippen LogP contribution in [-0.2, 0) is 9.53 Å². The molecule has 0 saturated carbocycles. The average Bonchev–Trinajstić information content (AvgIpc) is 3.28. The number of carbonyl (C=O) groups is 2. The van der Waals surface area contributed by atoms with Gasteiger partial charge in [-0.3, -0.25) is 9.59 Å². The number of amides is 1. The Morgan fingerprint density at radius 3 is 2.89 bits per heavy atom. The quantitative estimate of drug-likeness (QED) is 0.644. The van der Waals surface area contributed by atoms with E-state index in [4.69, 9.17) is 9.15 Å². The predicted molar refractivity (Wildman–Crippen MR) is 105 cm³/mol. The lowest BCUT2D eigenvalue weighted by molar-refractivity contribution is -0.149. The van der Waals surface area contributed by atoms with E-state index >= 15 is 0 Å². The molecule has 1 saturated heterocycles. The zero-order chi connectivity index (χ0) is 19.5. The first-order valence-electron chi connectivity index (χ1n) is 9.57. The molecule has 1 atom stereocenters. The molecule has 1 amide bonds. The number of likely N-dealkylation sites (tertiary alicyclic amines) is 1. The number of ether oxygens (including phenoxy) is 1. The smallest absolute Gasteiger partial charge is 0.310 e. The molecule has 4 rings (SSSR count). The molecular formula is C22H22N2O4. The number of carbonyl (C=O) groups excluding carboxylic acids is 2. The topological polar surface area (TPSA) is 72.6 Å². The molecule has 0 unspecified atom stereocenters. The first-order valence-corrected chi connectivity index (χ1v) is 9.57. The summed E-state index contributed by atoms with van der Waals surface area (Å²) in [4.78, 5) is 31.9. The largest absolute Gasteiger partial charge is 0.466 e. The van der Waals surface area contributed by atoms with Gasteiger partial charge in [0.2, 0.25) is 0 Å². The van der Waals surface area contributed by atoms with Crippen LogP contribution in [0.1, 0.15) is 30.1 Å². The highest BCUT2D eigenvalue weighted by Crippen LogP contribution is 2.28. The predicted octanol–water partition coefficient (Wildman–Crippen LogP) is 3.91. The second-order valence-corrected chi connectivity index (χ2v) is 6.89. The number of piperidine rings is 1. The Hall–Kier alpha value is -3.15. The van der Waals surface area contributed by atoms with Crippen LogP contribution in [0.4, 0.5) is 0 Å². The van der Waals surface area contributed by atoms with Crippen LogP contribution < -0.4 is 0 Å². The van der Waals surface area contributed by atoms with Gasteiger partial charge in [0.1, 0.15) is 5.69 Å². The number of para-hydroxylation sites is 1. The third-order valence-electron chi connectivity index (χ3n) is 5.05. The number of hydrogen-bond acceptors (Lipinski definition) is 5. The molecule has 1 aliphatic heterocycles. The lowest BCUT2D eigenvalue weighted by Gasteiger charge is -2.32. The van der Waals surface area contributed by atoms with Gasteiger partial charge in [-0.2, -0.15) is 0 Å². The van der Waals surface area contributed by atoms with Gasteiger partial charge in [0.05, 0.1) is 29.9 Å². The molecule has 6 heteroatoms. The van der Waals surface area contributed by atoms with Crippen molar-refractivity contribution in [2.45, 2.75) is 19.8 Å². The van der Waals surface area contributed by atoms with Crippen molar-refractivity contribution in [1.82, 2.24) is 9.88 Å². The van der Waals surface area contributed by atoms with Gasteiger partial charge in [-0.1, -0.05) is 18.2 Å². The molecule has 0 radical (unpaired) electrons. The van der Waals surface area contributed by atoms with E-state index in [1.807, 2.05) is 30.3 Å². The van der Waals surface area contributed by atoms with Gasteiger partial charge < -0.3 is 14.1 Å². The minimum absolute atomic E-state index is 0.0968. The van der Waals surface area contributed by atoms with Crippen molar-refractivity contribution in [3.05, 3.63) is 54.3 Å². The highest BCUT2D eigenvalue weighted by molar-refractivity contribution is 6.07. The van der Waals surface area contributed by atoms with Gasteiger partial charge in [0.25, 0.3) is 5.91 Å². The summed E-state index contributed by atoms with van der Waals surface area (Å²) in [7, 11) is 0. The van der Waals surface area contributed by atoms with E-state index in [1.54, 1.807) is 30.2 Å². The van der Waals surface area contributed by atoms with Crippen LogP contribution in [0, 0.1) is 5.92 Å². The van der Waals surface area contributed by atoms with Gasteiger partial charge in [0, 0.05) is 18.5 Å². The van der Waals surface area contributed by atoms with E-state index in [-0.39, 0.29) is 17.8 Å². The van der Waals surface area contributed by atoms with Gasteiger partial charge in [0.15, 0.2) is 5.76 Å². The van der Waals surface area contributed by atoms with Crippen molar-refractivity contribution in [1.29, 1.82) is 0 Å². The fourth-order valence-electron chi connectivity index (χ4n) is 3.69. The molecule has 0 N–H and O–H groups in total. The Morgan fingerprint density at radius 2 is 2.11 bits per heavy atom. The molecule has 3 aromatic rings. The van der Waals surface area contributed by atoms with Crippen LogP contribution in [0.15, 0.2) is 53.1 Å². The number of fused-ring (bicyclic) bond motifs is 1. The average molecular weight is 378 g/mol. The highest BCUT2D eigenvalue weighted by atomic mass is 16.5. The number of benzene rings is 1. The molecule has 1 fully saturated rings. The minimum Gasteiger partial charge on any atom is -0.466 e. The number of pyridine rings is 1. The van der Waals surface area contributed by atoms with Crippen molar-refractivity contribution in [2.75, 3.05) is 19.7 Å². The summed E-state index contributed by atoms with van der Waals surface area (Å²) < 4.78 is 10.6. The first kappa shape index (κ1) is 18.2. The van der Waals surface area contributed by atoms with Crippen molar-refractivity contribution >= 4 is 22.8 Å².